The van der Waals surface area contributed by atoms with Crippen LogP contribution in [0, 0.1) is 5.92 Å². The van der Waals surface area contributed by atoms with Gasteiger partial charge >= 0.3 is 5.97 Å². The highest BCUT2D eigenvalue weighted by molar-refractivity contribution is 7.89. The topological polar surface area (TPSA) is 63.7 Å². The van der Waals surface area contributed by atoms with Gasteiger partial charge in [0.25, 0.3) is 0 Å². The van der Waals surface area contributed by atoms with Crippen LogP contribution in [0.2, 0.25) is 0 Å². The van der Waals surface area contributed by atoms with Crippen LogP contribution in [-0.2, 0) is 19.6 Å². The molecule has 0 aromatic heterocycles. The molecule has 1 aliphatic rings. The summed E-state index contributed by atoms with van der Waals surface area (Å²) in [5.74, 6) is -0.0938. The van der Waals surface area contributed by atoms with E-state index in [-0.39, 0.29) is 24.8 Å². The van der Waals surface area contributed by atoms with Crippen LogP contribution in [0.3, 0.4) is 0 Å². The molecule has 0 spiro atoms. The van der Waals surface area contributed by atoms with E-state index in [4.69, 9.17) is 4.74 Å². The summed E-state index contributed by atoms with van der Waals surface area (Å²) in [4.78, 5) is 11.3. The van der Waals surface area contributed by atoms with Gasteiger partial charge in [-0.1, -0.05) is 19.3 Å². The number of ether oxygens (including phenoxy) is 1. The Hall–Kier alpha value is -0.620. The molecule has 0 unspecified atom stereocenters. The van der Waals surface area contributed by atoms with E-state index in [2.05, 4.69) is 0 Å². The standard InChI is InChI=1S/C12H23NO4S/c1-3-17-12(14)9-13(2)18(15,16)10-11-7-5-4-6-8-11/h11H,3-10H2,1-2H3. The Morgan fingerprint density at radius 3 is 2.44 bits per heavy atom. The fourth-order valence-electron chi connectivity index (χ4n) is 2.27. The van der Waals surface area contributed by atoms with Crippen LogP contribution in [0.1, 0.15) is 39.0 Å². The molecule has 0 radical (unpaired) electrons. The van der Waals surface area contributed by atoms with E-state index >= 15 is 0 Å². The highest BCUT2D eigenvalue weighted by Crippen LogP contribution is 2.25. The van der Waals surface area contributed by atoms with Crippen LogP contribution in [0.25, 0.3) is 0 Å². The fourth-order valence-corrected chi connectivity index (χ4v) is 3.75. The fraction of sp³-hybridized carbons (Fsp3) is 0.917. The first kappa shape index (κ1) is 15.4. The van der Waals surface area contributed by atoms with E-state index in [1.54, 1.807) is 6.92 Å². The summed E-state index contributed by atoms with van der Waals surface area (Å²) in [6, 6.07) is 0. The second-order valence-electron chi connectivity index (χ2n) is 4.84. The predicted octanol–water partition coefficient (Wildman–Crippen LogP) is 1.39. The van der Waals surface area contributed by atoms with Gasteiger partial charge in [-0.15, -0.1) is 0 Å². The van der Waals surface area contributed by atoms with E-state index in [0.717, 1.165) is 30.0 Å². The Morgan fingerprint density at radius 1 is 1.28 bits per heavy atom. The number of sulfonamides is 1. The molecule has 0 aliphatic heterocycles. The highest BCUT2D eigenvalue weighted by atomic mass is 32.2. The van der Waals surface area contributed by atoms with Gasteiger partial charge in [-0.3, -0.25) is 4.79 Å². The van der Waals surface area contributed by atoms with Crippen molar-refractivity contribution in [1.82, 2.24) is 4.31 Å². The maximum Gasteiger partial charge on any atom is 0.321 e. The monoisotopic (exact) mass is 277 g/mol. The lowest BCUT2D eigenvalue weighted by Crippen LogP contribution is -2.36. The Balaban J connectivity index is 2.48. The Morgan fingerprint density at radius 2 is 1.89 bits per heavy atom. The number of likely N-dealkylation sites (N-methyl/N-ethyl adjacent to an activating group) is 1. The van der Waals surface area contributed by atoms with Crippen LogP contribution < -0.4 is 0 Å². The Kier molecular flexibility index (Phi) is 6.08. The van der Waals surface area contributed by atoms with Gasteiger partial charge in [-0.25, -0.2) is 8.42 Å². The molecule has 0 saturated heterocycles. The first-order valence-electron chi connectivity index (χ1n) is 6.55. The minimum Gasteiger partial charge on any atom is -0.465 e. The molecule has 0 bridgehead atoms. The molecule has 106 valence electrons. The van der Waals surface area contributed by atoms with Crippen LogP contribution in [0.5, 0.6) is 0 Å². The van der Waals surface area contributed by atoms with Crippen molar-refractivity contribution in [3.05, 3.63) is 0 Å². The molecule has 6 heteroatoms. The molecule has 1 fully saturated rings. The molecule has 0 aromatic rings. The average Bonchev–Trinajstić information content (AvgIpc) is 2.29. The summed E-state index contributed by atoms with van der Waals surface area (Å²) >= 11 is 0. The number of hydrogen-bond donors (Lipinski definition) is 0. The molecule has 0 atom stereocenters. The zero-order valence-corrected chi connectivity index (χ0v) is 12.0. The molecular weight excluding hydrogens is 254 g/mol. The van der Waals surface area contributed by atoms with Gasteiger partial charge in [-0.2, -0.15) is 4.31 Å². The van der Waals surface area contributed by atoms with E-state index in [1.807, 2.05) is 0 Å². The van der Waals surface area contributed by atoms with E-state index in [1.165, 1.54) is 13.5 Å². The zero-order chi connectivity index (χ0) is 13.6. The second-order valence-corrected chi connectivity index (χ2v) is 6.96. The second kappa shape index (κ2) is 7.09. The molecule has 0 N–H and O–H groups in total. The average molecular weight is 277 g/mol. The molecule has 0 aromatic carbocycles. The largest absolute Gasteiger partial charge is 0.465 e. The van der Waals surface area contributed by atoms with Gasteiger partial charge in [-0.05, 0) is 25.7 Å². The maximum absolute atomic E-state index is 12.1. The lowest BCUT2D eigenvalue weighted by atomic mass is 9.91. The third-order valence-electron chi connectivity index (χ3n) is 3.30. The van der Waals surface area contributed by atoms with E-state index in [9.17, 15) is 13.2 Å². The predicted molar refractivity (Wildman–Crippen MR) is 69.6 cm³/mol. The molecule has 5 nitrogen and oxygen atoms in total. The summed E-state index contributed by atoms with van der Waals surface area (Å²) in [5.41, 5.74) is 0. The number of carbonyl (C=O) groups is 1. The van der Waals surface area contributed by atoms with Gasteiger partial charge in [0.2, 0.25) is 10.0 Å². The summed E-state index contributed by atoms with van der Waals surface area (Å²) in [5, 5.41) is 0. The van der Waals surface area contributed by atoms with Crippen molar-refractivity contribution in [2.45, 2.75) is 39.0 Å². The van der Waals surface area contributed by atoms with Crippen molar-refractivity contribution in [2.75, 3.05) is 26.0 Å². The van der Waals surface area contributed by atoms with Crippen molar-refractivity contribution < 1.29 is 17.9 Å². The van der Waals surface area contributed by atoms with Crippen molar-refractivity contribution in [2.24, 2.45) is 5.92 Å². The smallest absolute Gasteiger partial charge is 0.321 e. The number of esters is 1. The summed E-state index contributed by atoms with van der Waals surface area (Å²) < 4.78 is 30.0. The Labute approximate surface area is 110 Å². The van der Waals surface area contributed by atoms with E-state index in [0.29, 0.717) is 0 Å². The third kappa shape index (κ3) is 4.94. The zero-order valence-electron chi connectivity index (χ0n) is 11.2. The number of rotatable bonds is 6. The molecule has 18 heavy (non-hydrogen) atoms. The molecule has 0 amide bonds. The number of carbonyl (C=O) groups excluding carboxylic acids is 1. The van der Waals surface area contributed by atoms with Crippen molar-refractivity contribution in [3.63, 3.8) is 0 Å². The highest BCUT2D eigenvalue weighted by Gasteiger charge is 2.26. The maximum atomic E-state index is 12.1. The summed E-state index contributed by atoms with van der Waals surface area (Å²) in [6.07, 6.45) is 5.39. The molecule has 1 aliphatic carbocycles. The van der Waals surface area contributed by atoms with Crippen LogP contribution in [-0.4, -0.2) is 44.6 Å². The van der Waals surface area contributed by atoms with Gasteiger partial charge in [0, 0.05) is 7.05 Å². The summed E-state index contributed by atoms with van der Waals surface area (Å²) in [7, 11) is -1.90. The third-order valence-corrected chi connectivity index (χ3v) is 5.27. The molecular formula is C12H23NO4S. The van der Waals surface area contributed by atoms with Gasteiger partial charge < -0.3 is 4.74 Å². The van der Waals surface area contributed by atoms with Crippen molar-refractivity contribution in [1.29, 1.82) is 0 Å². The lowest BCUT2D eigenvalue weighted by Gasteiger charge is -2.24. The van der Waals surface area contributed by atoms with E-state index < -0.39 is 16.0 Å². The summed E-state index contributed by atoms with van der Waals surface area (Å²) in [6.45, 7) is 1.78. The quantitative estimate of drug-likeness (QED) is 0.688. The molecule has 1 rings (SSSR count). The minimum absolute atomic E-state index is 0.156. The Bertz CT molecular complexity index is 360. The molecule has 1 saturated carbocycles. The van der Waals surface area contributed by atoms with Crippen LogP contribution >= 0.6 is 0 Å². The van der Waals surface area contributed by atoms with Crippen LogP contribution in [0.15, 0.2) is 0 Å². The minimum atomic E-state index is -3.34. The van der Waals surface area contributed by atoms with Gasteiger partial charge in [0.15, 0.2) is 0 Å². The first-order chi connectivity index (χ1) is 8.45. The van der Waals surface area contributed by atoms with Gasteiger partial charge in [0.05, 0.1) is 12.4 Å². The first-order valence-corrected chi connectivity index (χ1v) is 8.16. The molecule has 0 heterocycles. The number of nitrogens with zero attached hydrogens (tertiary/aromatic N) is 1. The van der Waals surface area contributed by atoms with Crippen molar-refractivity contribution >= 4 is 16.0 Å². The normalized spacial score (nSPS) is 17.9. The van der Waals surface area contributed by atoms with Crippen LogP contribution in [0.4, 0.5) is 0 Å². The number of hydrogen-bond acceptors (Lipinski definition) is 4. The van der Waals surface area contributed by atoms with Gasteiger partial charge in [0.1, 0.15) is 6.54 Å². The SMILES string of the molecule is CCOC(=O)CN(C)S(=O)(=O)CC1CCCCC1. The lowest BCUT2D eigenvalue weighted by molar-refractivity contribution is -0.143. The van der Waals surface area contributed by atoms with Crippen molar-refractivity contribution in [3.8, 4) is 0 Å².